The van der Waals surface area contributed by atoms with Crippen molar-refractivity contribution in [3.05, 3.63) is 29.3 Å². The van der Waals surface area contributed by atoms with Gasteiger partial charge in [0, 0.05) is 6.42 Å². The molecule has 18 heavy (non-hydrogen) atoms. The smallest absolute Gasteiger partial charge is 0.419 e. The summed E-state index contributed by atoms with van der Waals surface area (Å²) in [5.74, 6) is -0.291. The van der Waals surface area contributed by atoms with E-state index in [0.717, 1.165) is 6.07 Å². The van der Waals surface area contributed by atoms with Gasteiger partial charge in [-0.05, 0) is 24.6 Å². The van der Waals surface area contributed by atoms with Gasteiger partial charge < -0.3 is 14.9 Å². The minimum atomic E-state index is -4.54. The Labute approximate surface area is 103 Å². The molecule has 3 nitrogen and oxygen atoms in total. The summed E-state index contributed by atoms with van der Waals surface area (Å²) in [5.41, 5.74) is -0.746. The maximum absolute atomic E-state index is 12.7. The molecule has 0 bridgehead atoms. The third-order valence-corrected chi connectivity index (χ3v) is 2.33. The molecule has 0 aliphatic rings. The van der Waals surface area contributed by atoms with Gasteiger partial charge in [0.25, 0.3) is 0 Å². The van der Waals surface area contributed by atoms with Crippen LogP contribution in [0.15, 0.2) is 18.2 Å². The Balaban J connectivity index is 2.89. The number of aliphatic hydroxyl groups is 2. The highest BCUT2D eigenvalue weighted by molar-refractivity contribution is 5.39. The van der Waals surface area contributed by atoms with Crippen molar-refractivity contribution in [1.82, 2.24) is 0 Å². The monoisotopic (exact) mass is 264 g/mol. The Kier molecular flexibility index (Phi) is 4.98. The molecule has 0 amide bonds. The first kappa shape index (κ1) is 14.8. The fourth-order valence-corrected chi connectivity index (χ4v) is 1.36. The average Bonchev–Trinajstić information content (AvgIpc) is 2.27. The number of rotatable bonds is 5. The molecule has 0 heterocycles. The molecular formula is C12H15F3O3. The van der Waals surface area contributed by atoms with Crippen molar-refractivity contribution in [1.29, 1.82) is 0 Å². The zero-order valence-corrected chi connectivity index (χ0v) is 9.87. The second-order valence-electron chi connectivity index (χ2n) is 3.97. The van der Waals surface area contributed by atoms with E-state index in [-0.39, 0.29) is 24.3 Å². The molecule has 0 aromatic heterocycles. The van der Waals surface area contributed by atoms with Gasteiger partial charge in [-0.3, -0.25) is 0 Å². The third kappa shape index (κ3) is 4.19. The van der Waals surface area contributed by atoms with Crippen molar-refractivity contribution >= 4 is 0 Å². The van der Waals surface area contributed by atoms with Gasteiger partial charge in [-0.1, -0.05) is 6.07 Å². The molecule has 0 fully saturated rings. The van der Waals surface area contributed by atoms with Crippen LogP contribution in [0.4, 0.5) is 13.2 Å². The van der Waals surface area contributed by atoms with Crippen LogP contribution in [0.25, 0.3) is 0 Å². The standard InChI is InChI=1S/C12H15F3O3/c1-8(17)4-5-18-11-3-2-9(7-16)6-10(11)12(13,14)15/h2-3,6,8,16-17H,4-5,7H2,1H3. The predicted octanol–water partition coefficient (Wildman–Crippen LogP) is 2.35. The van der Waals surface area contributed by atoms with E-state index in [9.17, 15) is 13.2 Å². The average molecular weight is 264 g/mol. The van der Waals surface area contributed by atoms with Crippen LogP contribution in [-0.4, -0.2) is 22.9 Å². The second-order valence-corrected chi connectivity index (χ2v) is 3.97. The molecule has 0 spiro atoms. The zero-order chi connectivity index (χ0) is 13.8. The van der Waals surface area contributed by atoms with Crippen LogP contribution < -0.4 is 4.74 Å². The van der Waals surface area contributed by atoms with Crippen molar-refractivity contribution in [2.75, 3.05) is 6.61 Å². The summed E-state index contributed by atoms with van der Waals surface area (Å²) in [7, 11) is 0. The van der Waals surface area contributed by atoms with Gasteiger partial charge in [0.2, 0.25) is 0 Å². The first-order valence-electron chi connectivity index (χ1n) is 5.46. The van der Waals surface area contributed by atoms with Gasteiger partial charge in [0.15, 0.2) is 0 Å². The first-order valence-corrected chi connectivity index (χ1v) is 5.46. The number of hydrogen-bond acceptors (Lipinski definition) is 3. The van der Waals surface area contributed by atoms with E-state index >= 15 is 0 Å². The van der Waals surface area contributed by atoms with Crippen LogP contribution in [0.1, 0.15) is 24.5 Å². The molecule has 0 radical (unpaired) electrons. The quantitative estimate of drug-likeness (QED) is 0.858. The van der Waals surface area contributed by atoms with Crippen molar-refractivity contribution in [2.45, 2.75) is 32.2 Å². The van der Waals surface area contributed by atoms with Gasteiger partial charge in [-0.25, -0.2) is 0 Å². The van der Waals surface area contributed by atoms with Gasteiger partial charge in [0.05, 0.1) is 24.9 Å². The molecule has 0 aliphatic carbocycles. The first-order chi connectivity index (χ1) is 8.34. The highest BCUT2D eigenvalue weighted by Crippen LogP contribution is 2.36. The highest BCUT2D eigenvalue weighted by atomic mass is 19.4. The van der Waals surface area contributed by atoms with E-state index in [1.807, 2.05) is 0 Å². The van der Waals surface area contributed by atoms with Crippen LogP contribution in [0, 0.1) is 0 Å². The summed E-state index contributed by atoms with van der Waals surface area (Å²) in [6, 6.07) is 3.40. The largest absolute Gasteiger partial charge is 0.493 e. The van der Waals surface area contributed by atoms with Crippen LogP contribution in [0.3, 0.4) is 0 Å². The molecule has 1 unspecified atom stereocenters. The minimum absolute atomic E-state index is 0.000775. The molecule has 1 atom stereocenters. The highest BCUT2D eigenvalue weighted by Gasteiger charge is 2.34. The normalized spacial score (nSPS) is 13.4. The van der Waals surface area contributed by atoms with Gasteiger partial charge >= 0.3 is 6.18 Å². The van der Waals surface area contributed by atoms with Crippen LogP contribution in [0.5, 0.6) is 5.75 Å². The van der Waals surface area contributed by atoms with E-state index in [1.165, 1.54) is 19.1 Å². The summed E-state index contributed by atoms with van der Waals surface area (Å²) in [5, 5.41) is 17.8. The second kappa shape index (κ2) is 6.06. The summed E-state index contributed by atoms with van der Waals surface area (Å²) in [6.07, 6.45) is -4.92. The summed E-state index contributed by atoms with van der Waals surface area (Å²) >= 11 is 0. The maximum Gasteiger partial charge on any atom is 0.419 e. The van der Waals surface area contributed by atoms with Crippen LogP contribution in [0.2, 0.25) is 0 Å². The number of ether oxygens (including phenoxy) is 1. The molecule has 0 saturated carbocycles. The summed E-state index contributed by atoms with van der Waals surface area (Å²) in [4.78, 5) is 0. The topological polar surface area (TPSA) is 49.7 Å². The number of alkyl halides is 3. The van der Waals surface area contributed by atoms with E-state index in [4.69, 9.17) is 14.9 Å². The van der Waals surface area contributed by atoms with Gasteiger partial charge in [-0.15, -0.1) is 0 Å². The van der Waals surface area contributed by atoms with Crippen molar-refractivity contribution < 1.29 is 28.1 Å². The lowest BCUT2D eigenvalue weighted by Gasteiger charge is -2.15. The molecule has 0 saturated heterocycles. The lowest BCUT2D eigenvalue weighted by molar-refractivity contribution is -0.139. The molecule has 2 N–H and O–H groups in total. The Morgan fingerprint density at radius 2 is 2.00 bits per heavy atom. The fraction of sp³-hybridized carbons (Fsp3) is 0.500. The molecule has 6 heteroatoms. The minimum Gasteiger partial charge on any atom is -0.493 e. The van der Waals surface area contributed by atoms with Crippen molar-refractivity contribution in [3.8, 4) is 5.75 Å². The lowest BCUT2D eigenvalue weighted by Crippen LogP contribution is -2.12. The number of hydrogen-bond donors (Lipinski definition) is 2. The van der Waals surface area contributed by atoms with Crippen molar-refractivity contribution in [2.24, 2.45) is 0 Å². The van der Waals surface area contributed by atoms with Crippen LogP contribution >= 0.6 is 0 Å². The lowest BCUT2D eigenvalue weighted by atomic mass is 10.1. The SMILES string of the molecule is CC(O)CCOc1ccc(CO)cc1C(F)(F)F. The summed E-state index contributed by atoms with van der Waals surface area (Å²) < 4.78 is 43.2. The van der Waals surface area contributed by atoms with E-state index in [0.29, 0.717) is 0 Å². The van der Waals surface area contributed by atoms with Gasteiger partial charge in [-0.2, -0.15) is 13.2 Å². The van der Waals surface area contributed by atoms with Crippen LogP contribution in [-0.2, 0) is 12.8 Å². The molecule has 1 rings (SSSR count). The molecule has 0 aliphatic heterocycles. The Bertz CT molecular complexity index is 389. The predicted molar refractivity (Wildman–Crippen MR) is 59.2 cm³/mol. The zero-order valence-electron chi connectivity index (χ0n) is 9.87. The fourth-order valence-electron chi connectivity index (χ4n) is 1.36. The molecule has 1 aromatic carbocycles. The third-order valence-electron chi connectivity index (χ3n) is 2.33. The van der Waals surface area contributed by atoms with Crippen molar-refractivity contribution in [3.63, 3.8) is 0 Å². The number of aliphatic hydroxyl groups excluding tert-OH is 2. The molecule has 1 aromatic rings. The van der Waals surface area contributed by atoms with Gasteiger partial charge in [0.1, 0.15) is 5.75 Å². The molecule has 102 valence electrons. The Morgan fingerprint density at radius 3 is 2.50 bits per heavy atom. The maximum atomic E-state index is 12.7. The Morgan fingerprint density at radius 1 is 1.33 bits per heavy atom. The Hall–Kier alpha value is -1.27. The summed E-state index contributed by atoms with van der Waals surface area (Å²) in [6.45, 7) is 1.07. The molecular weight excluding hydrogens is 249 g/mol. The number of halogens is 3. The van der Waals surface area contributed by atoms with E-state index < -0.39 is 24.5 Å². The number of benzene rings is 1. The van der Waals surface area contributed by atoms with E-state index in [2.05, 4.69) is 0 Å². The van der Waals surface area contributed by atoms with E-state index in [1.54, 1.807) is 0 Å².